The van der Waals surface area contributed by atoms with Gasteiger partial charge < -0.3 is 4.74 Å². The number of carbonyl (C=O) groups is 1. The Morgan fingerprint density at radius 1 is 1.42 bits per heavy atom. The van der Waals surface area contributed by atoms with E-state index in [9.17, 15) is 13.2 Å². The molecule has 112 valence electrons. The molecule has 0 rings (SSSR count). The first kappa shape index (κ1) is 18.1. The van der Waals surface area contributed by atoms with Crippen molar-refractivity contribution in [2.75, 3.05) is 5.75 Å². The molecule has 0 bridgehead atoms. The monoisotopic (exact) mass is 291 g/mol. The van der Waals surface area contributed by atoms with Crippen molar-refractivity contribution >= 4 is 16.0 Å². The third-order valence-corrected chi connectivity index (χ3v) is 3.81. The second kappa shape index (κ2) is 7.05. The molecule has 19 heavy (non-hydrogen) atoms. The first-order chi connectivity index (χ1) is 8.52. The van der Waals surface area contributed by atoms with Crippen LogP contribution in [-0.4, -0.2) is 31.8 Å². The Kier molecular flexibility index (Phi) is 6.72. The molecule has 0 aliphatic heterocycles. The Hall–Kier alpha value is -0.880. The van der Waals surface area contributed by atoms with Gasteiger partial charge in [0.15, 0.2) is 0 Å². The number of rotatable bonds is 7. The second-order valence-corrected chi connectivity index (χ2v) is 7.38. The quantitative estimate of drug-likeness (QED) is 0.574. The van der Waals surface area contributed by atoms with E-state index in [0.29, 0.717) is 6.42 Å². The molecule has 0 heterocycles. The van der Waals surface area contributed by atoms with Crippen LogP contribution in [0.5, 0.6) is 0 Å². The van der Waals surface area contributed by atoms with Gasteiger partial charge in [0.2, 0.25) is 10.0 Å². The molecule has 0 saturated carbocycles. The number of carbonyl (C=O) groups excluding carboxylic acids is 1. The summed E-state index contributed by atoms with van der Waals surface area (Å²) in [4.78, 5) is 12.1. The van der Waals surface area contributed by atoms with Crippen LogP contribution in [0.1, 0.15) is 41.0 Å². The van der Waals surface area contributed by atoms with Crippen LogP contribution in [0.15, 0.2) is 12.7 Å². The predicted molar refractivity (Wildman–Crippen MR) is 76.2 cm³/mol. The van der Waals surface area contributed by atoms with Crippen LogP contribution >= 0.6 is 0 Å². The summed E-state index contributed by atoms with van der Waals surface area (Å²) in [6, 6.07) is -0.867. The highest BCUT2D eigenvalue weighted by Gasteiger charge is 2.32. The summed E-state index contributed by atoms with van der Waals surface area (Å²) in [6.45, 7) is 12.3. The molecule has 0 radical (unpaired) electrons. The summed E-state index contributed by atoms with van der Waals surface area (Å²) in [6.07, 6.45) is 1.95. The third-order valence-electron chi connectivity index (χ3n) is 2.52. The second-order valence-electron chi connectivity index (χ2n) is 5.58. The van der Waals surface area contributed by atoms with E-state index < -0.39 is 27.6 Å². The fraction of sp³-hybridized carbons (Fsp3) is 0.769. The largest absolute Gasteiger partial charge is 0.459 e. The molecule has 0 amide bonds. The lowest BCUT2D eigenvalue weighted by Gasteiger charge is -2.27. The molecule has 0 unspecified atom stereocenters. The maximum absolute atomic E-state index is 12.1. The first-order valence-corrected chi connectivity index (χ1v) is 8.01. The van der Waals surface area contributed by atoms with Gasteiger partial charge in [-0.1, -0.05) is 26.3 Å². The lowest BCUT2D eigenvalue weighted by Crippen LogP contribution is -2.48. The van der Waals surface area contributed by atoms with Gasteiger partial charge >= 0.3 is 5.97 Å². The number of ether oxygens (including phenoxy) is 1. The Balaban J connectivity index is 5.03. The van der Waals surface area contributed by atoms with Crippen LogP contribution in [-0.2, 0) is 19.6 Å². The molecule has 0 saturated heterocycles. The number of hydrogen-bond donors (Lipinski definition) is 1. The first-order valence-electron chi connectivity index (χ1n) is 6.36. The van der Waals surface area contributed by atoms with Crippen LogP contribution in [0.2, 0.25) is 0 Å². The van der Waals surface area contributed by atoms with Gasteiger partial charge in [0.1, 0.15) is 11.6 Å². The Morgan fingerprint density at radius 2 is 1.95 bits per heavy atom. The van der Waals surface area contributed by atoms with E-state index in [2.05, 4.69) is 11.3 Å². The average Bonchev–Trinajstić information content (AvgIpc) is 2.22. The molecule has 0 fully saturated rings. The lowest BCUT2D eigenvalue weighted by atomic mass is 10.00. The molecular formula is C13H25NO4S. The molecule has 2 atom stereocenters. The van der Waals surface area contributed by atoms with Crippen molar-refractivity contribution in [1.29, 1.82) is 0 Å². The molecule has 0 aromatic heterocycles. The van der Waals surface area contributed by atoms with Crippen molar-refractivity contribution < 1.29 is 17.9 Å². The van der Waals surface area contributed by atoms with E-state index in [-0.39, 0.29) is 11.7 Å². The third kappa shape index (κ3) is 7.32. The highest BCUT2D eigenvalue weighted by Crippen LogP contribution is 2.15. The van der Waals surface area contributed by atoms with Crippen molar-refractivity contribution in [3.05, 3.63) is 12.7 Å². The van der Waals surface area contributed by atoms with Gasteiger partial charge in [0, 0.05) is 0 Å². The molecule has 6 heteroatoms. The van der Waals surface area contributed by atoms with E-state index in [1.807, 2.05) is 13.8 Å². The molecule has 0 aliphatic carbocycles. The average molecular weight is 291 g/mol. The summed E-state index contributed by atoms with van der Waals surface area (Å²) in [5, 5.41) is 0. The number of sulfonamides is 1. The van der Waals surface area contributed by atoms with Gasteiger partial charge in [0.25, 0.3) is 0 Å². The summed E-state index contributed by atoms with van der Waals surface area (Å²) >= 11 is 0. The highest BCUT2D eigenvalue weighted by atomic mass is 32.2. The van der Waals surface area contributed by atoms with E-state index in [1.54, 1.807) is 20.8 Å². The summed E-state index contributed by atoms with van der Waals surface area (Å²) in [5.41, 5.74) is -0.646. The molecule has 0 aromatic rings. The Labute approximate surface area is 116 Å². The Morgan fingerprint density at radius 3 is 2.32 bits per heavy atom. The van der Waals surface area contributed by atoms with E-state index in [0.717, 1.165) is 0 Å². The van der Waals surface area contributed by atoms with E-state index in [4.69, 9.17) is 4.74 Å². The standard InChI is InChI=1S/C13H25NO4S/c1-7-9-19(16,17)14-11(10(3)8-2)12(15)18-13(4,5)6/h7,10-11,14H,1,8-9H2,2-6H3/t10-,11-/m0/s1. The number of nitrogens with one attached hydrogen (secondary N) is 1. The molecule has 5 nitrogen and oxygen atoms in total. The van der Waals surface area contributed by atoms with Crippen LogP contribution in [0.4, 0.5) is 0 Å². The normalized spacial score (nSPS) is 15.6. The fourth-order valence-corrected chi connectivity index (χ4v) is 2.52. The summed E-state index contributed by atoms with van der Waals surface area (Å²) in [7, 11) is -3.56. The van der Waals surface area contributed by atoms with Crippen LogP contribution in [0.25, 0.3) is 0 Å². The van der Waals surface area contributed by atoms with Gasteiger partial charge in [-0.05, 0) is 26.7 Å². The molecule has 0 aliphatic rings. The van der Waals surface area contributed by atoms with Gasteiger partial charge in [-0.15, -0.1) is 6.58 Å². The van der Waals surface area contributed by atoms with Crippen molar-refractivity contribution in [3.8, 4) is 0 Å². The number of esters is 1. The van der Waals surface area contributed by atoms with Crippen LogP contribution < -0.4 is 4.72 Å². The summed E-state index contributed by atoms with van der Waals surface area (Å²) in [5.74, 6) is -0.910. The van der Waals surface area contributed by atoms with Gasteiger partial charge in [-0.25, -0.2) is 13.1 Å². The minimum atomic E-state index is -3.56. The summed E-state index contributed by atoms with van der Waals surface area (Å²) < 4.78 is 31.1. The van der Waals surface area contributed by atoms with E-state index in [1.165, 1.54) is 6.08 Å². The fourth-order valence-electron chi connectivity index (χ4n) is 1.39. The topological polar surface area (TPSA) is 72.5 Å². The SMILES string of the molecule is C=CCS(=O)(=O)N[C@H](C(=O)OC(C)(C)C)[C@@H](C)CC. The zero-order valence-electron chi connectivity index (χ0n) is 12.4. The molecule has 1 N–H and O–H groups in total. The van der Waals surface area contributed by atoms with Crippen molar-refractivity contribution in [2.24, 2.45) is 5.92 Å². The van der Waals surface area contributed by atoms with Crippen LogP contribution in [0, 0.1) is 5.92 Å². The van der Waals surface area contributed by atoms with Crippen molar-refractivity contribution in [1.82, 2.24) is 4.72 Å². The number of hydrogen-bond acceptors (Lipinski definition) is 4. The smallest absolute Gasteiger partial charge is 0.324 e. The predicted octanol–water partition coefficient (Wildman–Crippen LogP) is 1.85. The van der Waals surface area contributed by atoms with Gasteiger partial charge in [0.05, 0.1) is 5.75 Å². The van der Waals surface area contributed by atoms with Crippen LogP contribution in [0.3, 0.4) is 0 Å². The van der Waals surface area contributed by atoms with Crippen molar-refractivity contribution in [2.45, 2.75) is 52.7 Å². The maximum atomic E-state index is 12.1. The van der Waals surface area contributed by atoms with Gasteiger partial charge in [-0.2, -0.15) is 0 Å². The Bertz CT molecular complexity index is 409. The molecule has 0 spiro atoms. The zero-order chi connectivity index (χ0) is 15.3. The van der Waals surface area contributed by atoms with Gasteiger partial charge in [-0.3, -0.25) is 4.79 Å². The lowest BCUT2D eigenvalue weighted by molar-refractivity contribution is -0.158. The zero-order valence-corrected chi connectivity index (χ0v) is 13.2. The molecule has 0 aromatic carbocycles. The highest BCUT2D eigenvalue weighted by molar-refractivity contribution is 7.89. The van der Waals surface area contributed by atoms with E-state index >= 15 is 0 Å². The minimum absolute atomic E-state index is 0.144. The maximum Gasteiger partial charge on any atom is 0.324 e. The molecular weight excluding hydrogens is 266 g/mol. The van der Waals surface area contributed by atoms with Crippen molar-refractivity contribution in [3.63, 3.8) is 0 Å². The minimum Gasteiger partial charge on any atom is -0.459 e.